The Morgan fingerprint density at radius 3 is 2.44 bits per heavy atom. The van der Waals surface area contributed by atoms with Gasteiger partial charge in [-0.2, -0.15) is 0 Å². The van der Waals surface area contributed by atoms with Gasteiger partial charge in [0.25, 0.3) is 0 Å². The molecule has 2 aromatic carbocycles. The molecule has 0 aliphatic rings. The summed E-state index contributed by atoms with van der Waals surface area (Å²) in [4.78, 5) is 23.9. The van der Waals surface area contributed by atoms with Crippen molar-refractivity contribution in [3.63, 3.8) is 0 Å². The smallest absolute Gasteiger partial charge is 0.373 e. The van der Waals surface area contributed by atoms with Gasteiger partial charge in [-0.3, -0.25) is 9.36 Å². The molecule has 4 aromatic rings. The number of amides is 1. The van der Waals surface area contributed by atoms with Gasteiger partial charge in [-0.1, -0.05) is 30.0 Å². The number of hydrogen-bond donors (Lipinski definition) is 1. The lowest BCUT2D eigenvalue weighted by molar-refractivity contribution is -0.118. The fourth-order valence-electron chi connectivity index (χ4n) is 3.19. The highest BCUT2D eigenvalue weighted by molar-refractivity contribution is 7.99. The molecule has 0 bridgehead atoms. The van der Waals surface area contributed by atoms with Crippen LogP contribution in [0.15, 0.2) is 76.3 Å². The molecule has 2 aromatic heterocycles. The highest BCUT2D eigenvalue weighted by Gasteiger charge is 2.17. The van der Waals surface area contributed by atoms with E-state index in [0.29, 0.717) is 22.5 Å². The number of nitrogens with zero attached hydrogens (tertiary/aromatic N) is 3. The summed E-state index contributed by atoms with van der Waals surface area (Å²) in [5, 5.41) is 11.9. The number of carbonyl (C=O) groups is 2. The van der Waals surface area contributed by atoms with Crippen LogP contribution in [0.1, 0.15) is 22.1 Å². The zero-order valence-corrected chi connectivity index (χ0v) is 20.5. The molecule has 0 saturated heterocycles. The Labute approximate surface area is 211 Å². The third-order valence-corrected chi connectivity index (χ3v) is 5.91. The first-order valence-electron chi connectivity index (χ1n) is 10.9. The van der Waals surface area contributed by atoms with Crippen molar-refractivity contribution in [1.29, 1.82) is 0 Å². The van der Waals surface area contributed by atoms with Crippen LogP contribution in [0.5, 0.6) is 11.5 Å². The van der Waals surface area contributed by atoms with E-state index in [1.165, 1.54) is 24.9 Å². The quantitative estimate of drug-likeness (QED) is 0.239. The summed E-state index contributed by atoms with van der Waals surface area (Å²) < 4.78 is 22.9. The van der Waals surface area contributed by atoms with E-state index in [9.17, 15) is 9.59 Å². The number of benzene rings is 2. The molecule has 0 fully saturated rings. The predicted molar refractivity (Wildman–Crippen MR) is 131 cm³/mol. The van der Waals surface area contributed by atoms with Gasteiger partial charge in [0.1, 0.15) is 23.9 Å². The minimum absolute atomic E-state index is 0.0801. The van der Waals surface area contributed by atoms with Crippen molar-refractivity contribution in [1.82, 2.24) is 20.1 Å². The van der Waals surface area contributed by atoms with Crippen LogP contribution < -0.4 is 14.8 Å². The zero-order chi connectivity index (χ0) is 25.3. The lowest BCUT2D eigenvalue weighted by Crippen LogP contribution is -2.24. The van der Waals surface area contributed by atoms with Crippen molar-refractivity contribution in [2.45, 2.75) is 18.3 Å². The Hall–Kier alpha value is -4.25. The van der Waals surface area contributed by atoms with Crippen molar-refractivity contribution in [3.8, 4) is 17.2 Å². The Morgan fingerprint density at radius 1 is 0.972 bits per heavy atom. The van der Waals surface area contributed by atoms with Gasteiger partial charge in [0.15, 0.2) is 11.0 Å². The second kappa shape index (κ2) is 11.9. The molecule has 0 saturated carbocycles. The Morgan fingerprint density at radius 2 is 1.72 bits per heavy atom. The lowest BCUT2D eigenvalue weighted by Gasteiger charge is -2.11. The molecular weight excluding hydrogens is 484 g/mol. The standard InChI is InChI=1S/C25H24N4O6S/c1-32-18-8-10-19(11-9-18)34-15-22-27-28-25(29(22)17-6-4-3-5-7-17)36-16-23(30)26-14-20-12-13-21(35-20)24(31)33-2/h3-13H,14-16H2,1-2H3,(H,26,30). The first kappa shape index (κ1) is 24.9. The second-order valence-corrected chi connectivity index (χ2v) is 8.30. The van der Waals surface area contributed by atoms with Gasteiger partial charge in [-0.25, -0.2) is 4.79 Å². The van der Waals surface area contributed by atoms with Crippen LogP contribution in [0.2, 0.25) is 0 Å². The molecule has 11 heteroatoms. The van der Waals surface area contributed by atoms with Crippen LogP contribution in [0, 0.1) is 0 Å². The SMILES string of the molecule is COC(=O)c1ccc(CNC(=O)CSc2nnc(COc3ccc(OC)cc3)n2-c2ccccc2)o1. The molecule has 1 N–H and O–H groups in total. The van der Waals surface area contributed by atoms with Crippen molar-refractivity contribution in [2.75, 3.05) is 20.0 Å². The monoisotopic (exact) mass is 508 g/mol. The normalized spacial score (nSPS) is 10.6. The van der Waals surface area contributed by atoms with E-state index in [0.717, 1.165) is 11.4 Å². The molecule has 10 nitrogen and oxygen atoms in total. The number of carbonyl (C=O) groups excluding carboxylic acids is 2. The molecule has 0 atom stereocenters. The maximum absolute atomic E-state index is 12.4. The van der Waals surface area contributed by atoms with Gasteiger partial charge in [-0.05, 0) is 48.5 Å². The number of ether oxygens (including phenoxy) is 3. The summed E-state index contributed by atoms with van der Waals surface area (Å²) in [5.74, 6) is 1.82. The minimum Gasteiger partial charge on any atom is -0.497 e. The van der Waals surface area contributed by atoms with Crippen molar-refractivity contribution in [3.05, 3.63) is 84.1 Å². The Kier molecular flexibility index (Phi) is 8.24. The number of para-hydroxylation sites is 1. The lowest BCUT2D eigenvalue weighted by atomic mass is 10.3. The van der Waals surface area contributed by atoms with Gasteiger partial charge in [0.2, 0.25) is 11.7 Å². The van der Waals surface area contributed by atoms with E-state index < -0.39 is 5.97 Å². The fraction of sp³-hybridized carbons (Fsp3) is 0.200. The number of methoxy groups -OCH3 is 2. The van der Waals surface area contributed by atoms with Crippen LogP contribution in [-0.4, -0.2) is 46.6 Å². The van der Waals surface area contributed by atoms with E-state index in [2.05, 4.69) is 20.3 Å². The Bertz CT molecular complexity index is 1300. The minimum atomic E-state index is -0.574. The number of hydrogen-bond acceptors (Lipinski definition) is 9. The third-order valence-electron chi connectivity index (χ3n) is 4.98. The number of thioether (sulfide) groups is 1. The molecule has 4 rings (SSSR count). The Balaban J connectivity index is 1.40. The highest BCUT2D eigenvalue weighted by Crippen LogP contribution is 2.24. The first-order valence-corrected chi connectivity index (χ1v) is 11.9. The number of rotatable bonds is 11. The van der Waals surface area contributed by atoms with Crippen LogP contribution >= 0.6 is 11.8 Å². The maximum atomic E-state index is 12.4. The van der Waals surface area contributed by atoms with Gasteiger partial charge >= 0.3 is 5.97 Å². The van der Waals surface area contributed by atoms with Crippen LogP contribution in [-0.2, 0) is 22.7 Å². The van der Waals surface area contributed by atoms with E-state index in [-0.39, 0.29) is 30.6 Å². The fourth-order valence-corrected chi connectivity index (χ4v) is 3.99. The third kappa shape index (κ3) is 6.25. The van der Waals surface area contributed by atoms with E-state index in [1.54, 1.807) is 13.2 Å². The van der Waals surface area contributed by atoms with Crippen molar-refractivity contribution in [2.24, 2.45) is 0 Å². The topological polar surface area (TPSA) is 118 Å². The second-order valence-electron chi connectivity index (χ2n) is 7.36. The average Bonchev–Trinajstić information content (AvgIpc) is 3.57. The summed E-state index contributed by atoms with van der Waals surface area (Å²) in [6, 6.07) is 20.0. The number of nitrogens with one attached hydrogen (secondary N) is 1. The van der Waals surface area contributed by atoms with E-state index in [1.807, 2.05) is 59.2 Å². The zero-order valence-electron chi connectivity index (χ0n) is 19.7. The first-order chi connectivity index (χ1) is 17.6. The van der Waals surface area contributed by atoms with Crippen LogP contribution in [0.25, 0.3) is 5.69 Å². The molecule has 1 amide bonds. The molecule has 0 aliphatic carbocycles. The molecule has 0 unspecified atom stereocenters. The van der Waals surface area contributed by atoms with Gasteiger partial charge in [0, 0.05) is 5.69 Å². The summed E-state index contributed by atoms with van der Waals surface area (Å²) in [6.45, 7) is 0.324. The predicted octanol–water partition coefficient (Wildman–Crippen LogP) is 3.64. The largest absolute Gasteiger partial charge is 0.497 e. The maximum Gasteiger partial charge on any atom is 0.373 e. The average molecular weight is 509 g/mol. The molecule has 0 aliphatic heterocycles. The van der Waals surface area contributed by atoms with Crippen LogP contribution in [0.4, 0.5) is 0 Å². The van der Waals surface area contributed by atoms with Gasteiger partial charge in [-0.15, -0.1) is 10.2 Å². The summed E-state index contributed by atoms with van der Waals surface area (Å²) >= 11 is 1.25. The van der Waals surface area contributed by atoms with Crippen LogP contribution in [0.3, 0.4) is 0 Å². The molecule has 36 heavy (non-hydrogen) atoms. The molecule has 186 valence electrons. The molecule has 0 radical (unpaired) electrons. The highest BCUT2D eigenvalue weighted by atomic mass is 32.2. The van der Waals surface area contributed by atoms with E-state index >= 15 is 0 Å². The molecule has 0 spiro atoms. The molecule has 2 heterocycles. The molecular formula is C25H24N4O6S. The van der Waals surface area contributed by atoms with Crippen molar-refractivity contribution >= 4 is 23.6 Å². The summed E-state index contributed by atoms with van der Waals surface area (Å²) in [7, 11) is 2.88. The number of aromatic nitrogens is 3. The van der Waals surface area contributed by atoms with Gasteiger partial charge < -0.3 is 23.9 Å². The summed E-state index contributed by atoms with van der Waals surface area (Å²) in [5.41, 5.74) is 0.852. The van der Waals surface area contributed by atoms with E-state index in [4.69, 9.17) is 13.9 Å². The van der Waals surface area contributed by atoms with Crippen molar-refractivity contribution < 1.29 is 28.2 Å². The number of esters is 1. The number of furan rings is 1. The van der Waals surface area contributed by atoms with Gasteiger partial charge in [0.05, 0.1) is 26.5 Å². The summed E-state index contributed by atoms with van der Waals surface area (Å²) in [6.07, 6.45) is 0.